The fourth-order valence-electron chi connectivity index (χ4n) is 2.89. The Kier molecular flexibility index (Phi) is 5.69. The molecule has 0 unspecified atom stereocenters. The molecule has 8 nitrogen and oxygen atoms in total. The number of benzene rings is 1. The van der Waals surface area contributed by atoms with E-state index >= 15 is 0 Å². The summed E-state index contributed by atoms with van der Waals surface area (Å²) in [4.78, 5) is 24.2. The first-order valence-electron chi connectivity index (χ1n) is 8.11. The largest absolute Gasteiger partial charge is 0.492 e. The van der Waals surface area contributed by atoms with Gasteiger partial charge in [-0.2, -0.15) is 0 Å². The molecule has 1 amide bonds. The van der Waals surface area contributed by atoms with E-state index in [1.54, 1.807) is 19.1 Å². The summed E-state index contributed by atoms with van der Waals surface area (Å²) >= 11 is 0. The van der Waals surface area contributed by atoms with Gasteiger partial charge >= 0.3 is 13.1 Å². The smallest absolute Gasteiger partial charge is 0.456 e. The second kappa shape index (κ2) is 7.96. The lowest BCUT2D eigenvalue weighted by Gasteiger charge is -2.15. The van der Waals surface area contributed by atoms with Gasteiger partial charge < -0.3 is 29.2 Å². The average molecular weight is 349 g/mol. The van der Waals surface area contributed by atoms with Crippen LogP contribution in [0.2, 0.25) is 0 Å². The van der Waals surface area contributed by atoms with Gasteiger partial charge in [-0.25, -0.2) is 0 Å². The van der Waals surface area contributed by atoms with Crippen LogP contribution in [0.5, 0.6) is 0 Å². The fraction of sp³-hybridized carbons (Fsp3) is 0.500. The number of carbonyl (C=O) groups is 2. The Balaban J connectivity index is 1.56. The molecule has 2 heterocycles. The molecule has 134 valence electrons. The van der Waals surface area contributed by atoms with Crippen LogP contribution in [0.25, 0.3) is 0 Å². The molecule has 3 rings (SSSR count). The number of ether oxygens (including phenoxy) is 3. The van der Waals surface area contributed by atoms with Gasteiger partial charge in [0.05, 0.1) is 33.0 Å². The summed E-state index contributed by atoms with van der Waals surface area (Å²) in [6.07, 6.45) is -0.471. The zero-order valence-corrected chi connectivity index (χ0v) is 13.9. The van der Waals surface area contributed by atoms with Crippen LogP contribution >= 0.6 is 0 Å². The standard InChI is InChI=1S/C16H20BNO7/c1-10-13(3-2-11-7-24-17(21)15(10)11)16(20)18-6-14(19)25-12-8-22-4-5-23-9-12/h2-3,12,21H,4-9H2,1H3,(H,18,20). The number of esters is 1. The summed E-state index contributed by atoms with van der Waals surface area (Å²) < 4.78 is 20.9. The normalized spacial score (nSPS) is 17.8. The Morgan fingerprint density at radius 1 is 1.32 bits per heavy atom. The van der Waals surface area contributed by atoms with Crippen molar-refractivity contribution in [2.24, 2.45) is 0 Å². The van der Waals surface area contributed by atoms with E-state index in [0.717, 1.165) is 5.56 Å². The first-order valence-corrected chi connectivity index (χ1v) is 8.11. The van der Waals surface area contributed by atoms with Gasteiger partial charge in [-0.05, 0) is 29.6 Å². The van der Waals surface area contributed by atoms with Crippen molar-refractivity contribution in [2.45, 2.75) is 19.6 Å². The average Bonchev–Trinajstić information content (AvgIpc) is 2.80. The first-order chi connectivity index (χ1) is 12.1. The predicted molar refractivity (Wildman–Crippen MR) is 87.4 cm³/mol. The van der Waals surface area contributed by atoms with Gasteiger partial charge in [0.15, 0.2) is 0 Å². The van der Waals surface area contributed by atoms with Crippen molar-refractivity contribution in [1.82, 2.24) is 5.32 Å². The van der Waals surface area contributed by atoms with Crippen LogP contribution in [0.3, 0.4) is 0 Å². The minimum atomic E-state index is -1.03. The SMILES string of the molecule is Cc1c(C(=O)NCC(=O)OC2COCCOC2)ccc2c1B(O)OC2. The van der Waals surface area contributed by atoms with Crippen LogP contribution in [-0.2, 0) is 30.3 Å². The molecule has 2 aliphatic heterocycles. The van der Waals surface area contributed by atoms with E-state index in [2.05, 4.69) is 5.32 Å². The van der Waals surface area contributed by atoms with Crippen LogP contribution in [-0.4, -0.2) is 63.1 Å². The molecule has 1 aromatic carbocycles. The van der Waals surface area contributed by atoms with Crippen LogP contribution in [0.1, 0.15) is 21.5 Å². The zero-order valence-electron chi connectivity index (χ0n) is 13.9. The van der Waals surface area contributed by atoms with Crippen LogP contribution in [0.15, 0.2) is 12.1 Å². The van der Waals surface area contributed by atoms with Gasteiger partial charge in [-0.15, -0.1) is 0 Å². The fourth-order valence-corrected chi connectivity index (χ4v) is 2.89. The van der Waals surface area contributed by atoms with E-state index in [1.807, 2.05) is 0 Å². The maximum absolute atomic E-state index is 12.3. The van der Waals surface area contributed by atoms with Gasteiger partial charge in [0.2, 0.25) is 0 Å². The third-order valence-electron chi connectivity index (χ3n) is 4.16. The zero-order chi connectivity index (χ0) is 17.8. The van der Waals surface area contributed by atoms with E-state index in [-0.39, 0.29) is 19.8 Å². The summed E-state index contributed by atoms with van der Waals surface area (Å²) in [7, 11) is -1.03. The van der Waals surface area contributed by atoms with E-state index in [0.29, 0.717) is 36.4 Å². The maximum Gasteiger partial charge on any atom is 0.492 e. The molecule has 1 saturated heterocycles. The number of hydrogen-bond acceptors (Lipinski definition) is 7. The minimum Gasteiger partial charge on any atom is -0.456 e. The third-order valence-corrected chi connectivity index (χ3v) is 4.16. The highest BCUT2D eigenvalue weighted by Crippen LogP contribution is 2.16. The Bertz CT molecular complexity index is 658. The highest BCUT2D eigenvalue weighted by atomic mass is 16.6. The molecule has 2 aliphatic rings. The molecule has 1 aromatic rings. The molecule has 0 atom stereocenters. The van der Waals surface area contributed by atoms with Crippen LogP contribution < -0.4 is 10.8 Å². The Morgan fingerprint density at radius 3 is 2.76 bits per heavy atom. The highest BCUT2D eigenvalue weighted by Gasteiger charge is 2.31. The molecule has 1 fully saturated rings. The van der Waals surface area contributed by atoms with Crippen molar-refractivity contribution in [3.8, 4) is 0 Å². The topological polar surface area (TPSA) is 103 Å². The molecule has 0 radical (unpaired) electrons. The van der Waals surface area contributed by atoms with Crippen LogP contribution in [0.4, 0.5) is 0 Å². The minimum absolute atomic E-state index is 0.259. The number of carbonyl (C=O) groups excluding carboxylic acids is 2. The van der Waals surface area contributed by atoms with Gasteiger partial charge in [0.25, 0.3) is 5.91 Å². The van der Waals surface area contributed by atoms with Gasteiger partial charge in [-0.3, -0.25) is 9.59 Å². The second-order valence-corrected chi connectivity index (χ2v) is 5.92. The van der Waals surface area contributed by atoms with Crippen LogP contribution in [0, 0.1) is 6.92 Å². The van der Waals surface area contributed by atoms with E-state index in [4.69, 9.17) is 18.9 Å². The summed E-state index contributed by atoms with van der Waals surface area (Å²) in [6.45, 7) is 3.30. The van der Waals surface area contributed by atoms with Gasteiger partial charge in [0.1, 0.15) is 12.6 Å². The monoisotopic (exact) mass is 349 g/mol. The molecule has 0 aliphatic carbocycles. The van der Waals surface area contributed by atoms with Crippen molar-refractivity contribution in [3.63, 3.8) is 0 Å². The van der Waals surface area contributed by atoms with Gasteiger partial charge in [0, 0.05) is 5.56 Å². The number of rotatable bonds is 4. The molecular formula is C16H20BNO7. The number of nitrogens with one attached hydrogen (secondary N) is 1. The molecule has 2 N–H and O–H groups in total. The molecular weight excluding hydrogens is 329 g/mol. The highest BCUT2D eigenvalue weighted by molar-refractivity contribution is 6.62. The van der Waals surface area contributed by atoms with Crippen molar-refractivity contribution in [1.29, 1.82) is 0 Å². The van der Waals surface area contributed by atoms with Crippen molar-refractivity contribution < 1.29 is 33.5 Å². The van der Waals surface area contributed by atoms with E-state index in [9.17, 15) is 14.6 Å². The molecule has 0 saturated carbocycles. The lowest BCUT2D eigenvalue weighted by atomic mass is 9.75. The predicted octanol–water partition coefficient (Wildman–Crippen LogP) is -1.10. The second-order valence-electron chi connectivity index (χ2n) is 5.92. The quantitative estimate of drug-likeness (QED) is 0.525. The van der Waals surface area contributed by atoms with E-state index in [1.165, 1.54) is 0 Å². The van der Waals surface area contributed by atoms with Crippen molar-refractivity contribution >= 4 is 24.5 Å². The lowest BCUT2D eigenvalue weighted by molar-refractivity contribution is -0.151. The molecule has 25 heavy (non-hydrogen) atoms. The van der Waals surface area contributed by atoms with E-state index < -0.39 is 25.1 Å². The van der Waals surface area contributed by atoms with Gasteiger partial charge in [-0.1, -0.05) is 6.07 Å². The summed E-state index contributed by atoms with van der Waals surface area (Å²) in [5.74, 6) is -0.973. The molecule has 0 spiro atoms. The molecule has 0 aromatic heterocycles. The summed E-state index contributed by atoms with van der Waals surface area (Å²) in [6, 6.07) is 3.40. The number of hydrogen-bond donors (Lipinski definition) is 2. The summed E-state index contributed by atoms with van der Waals surface area (Å²) in [5.41, 5.74) is 2.49. The summed E-state index contributed by atoms with van der Waals surface area (Å²) in [5, 5.41) is 12.4. The number of fused-ring (bicyclic) bond motifs is 1. The Morgan fingerprint density at radius 2 is 2.04 bits per heavy atom. The third kappa shape index (κ3) is 4.19. The maximum atomic E-state index is 12.3. The van der Waals surface area contributed by atoms with Crippen molar-refractivity contribution in [3.05, 3.63) is 28.8 Å². The Labute approximate surface area is 145 Å². The molecule has 0 bridgehead atoms. The molecule has 9 heteroatoms. The lowest BCUT2D eigenvalue weighted by Crippen LogP contribution is -2.37. The first kappa shape index (κ1) is 17.9. The number of amides is 1. The Hall–Kier alpha value is -1.94. The van der Waals surface area contributed by atoms with Crippen molar-refractivity contribution in [2.75, 3.05) is 33.0 Å².